The minimum atomic E-state index is -2.33. The van der Waals surface area contributed by atoms with Gasteiger partial charge in [0.1, 0.15) is 0 Å². The first-order valence-corrected chi connectivity index (χ1v) is 2.77. The van der Waals surface area contributed by atoms with Gasteiger partial charge in [0.15, 0.2) is 0 Å². The van der Waals surface area contributed by atoms with Crippen molar-refractivity contribution in [1.29, 1.82) is 0 Å². The van der Waals surface area contributed by atoms with E-state index in [9.17, 15) is 0 Å². The van der Waals surface area contributed by atoms with Crippen molar-refractivity contribution < 1.29 is 133 Å². The van der Waals surface area contributed by atoms with E-state index in [0.717, 1.165) is 26.4 Å². The van der Waals surface area contributed by atoms with Crippen molar-refractivity contribution in [3.05, 3.63) is 0 Å². The third kappa shape index (κ3) is 31.4. The normalized spacial score (nSPS) is 12.9. The smallest absolute Gasteiger partial charge is 0.652 e. The molecule has 0 unspecified atom stereocenters. The van der Waals surface area contributed by atoms with Crippen molar-refractivity contribution in [3.63, 3.8) is 0 Å². The van der Waals surface area contributed by atoms with Crippen LogP contribution in [0.4, 0.5) is 4.79 Å². The number of hydrogen-bond acceptors (Lipinski definition) is 5. The molecule has 1 fully saturated rings. The maximum Gasteiger partial charge on any atom is 1.00 e. The summed E-state index contributed by atoms with van der Waals surface area (Å²) in [5.41, 5.74) is 0. The number of carbonyl (C=O) groups excluding carboxylic acids is 1. The van der Waals surface area contributed by atoms with E-state index in [1.54, 1.807) is 0 Å². The van der Waals surface area contributed by atoms with Crippen LogP contribution in [0.3, 0.4) is 0 Å². The van der Waals surface area contributed by atoms with Gasteiger partial charge in [0.05, 0.1) is 26.4 Å². The Balaban J connectivity index is -0.0000000536. The largest absolute Gasteiger partial charge is 1.00 e. The van der Waals surface area contributed by atoms with Gasteiger partial charge in [-0.2, -0.15) is 0 Å². The van der Waals surface area contributed by atoms with Crippen LogP contribution in [0.5, 0.6) is 0 Å². The number of hydrogen-bond donors (Lipinski definition) is 0. The molecule has 6 nitrogen and oxygen atoms in total. The van der Waals surface area contributed by atoms with Crippen LogP contribution >= 0.6 is 0 Å². The first kappa shape index (κ1) is 24.6. The molecule has 0 aromatic heterocycles. The number of carbonyl (C=O) groups is 1. The minimum absolute atomic E-state index is 0. The van der Waals surface area contributed by atoms with Gasteiger partial charge >= 0.3 is 103 Å². The van der Waals surface area contributed by atoms with Crippen LogP contribution in [0.15, 0.2) is 0 Å². The molecule has 0 aliphatic carbocycles. The molecular weight excluding hydrogens is 234 g/mol. The monoisotopic (exact) mass is 244 g/mol. The van der Waals surface area contributed by atoms with Crippen molar-refractivity contribution in [2.24, 2.45) is 0 Å². The molecular formula is C5H10K2O6. The number of ether oxygens (including phenoxy) is 2. The van der Waals surface area contributed by atoms with Gasteiger partial charge in [0, 0.05) is 0 Å². The summed E-state index contributed by atoms with van der Waals surface area (Å²) in [4.78, 5) is 8.33. The molecule has 8 heteroatoms. The quantitative estimate of drug-likeness (QED) is 0.393. The van der Waals surface area contributed by atoms with E-state index in [1.807, 2.05) is 0 Å². The maximum absolute atomic E-state index is 8.33. The first-order valence-electron chi connectivity index (χ1n) is 2.77. The van der Waals surface area contributed by atoms with Crippen LogP contribution in [0.2, 0.25) is 0 Å². The Morgan fingerprint density at radius 3 is 1.15 bits per heavy atom. The third-order valence-corrected chi connectivity index (χ3v) is 0.744. The average Bonchev–Trinajstić information content (AvgIpc) is 1.90. The van der Waals surface area contributed by atoms with Gasteiger partial charge in [0.25, 0.3) is 0 Å². The molecule has 0 radical (unpaired) electrons. The van der Waals surface area contributed by atoms with Gasteiger partial charge in [0.2, 0.25) is 0 Å². The van der Waals surface area contributed by atoms with E-state index in [1.165, 1.54) is 0 Å². The zero-order chi connectivity index (χ0) is 7.82. The summed E-state index contributed by atoms with van der Waals surface area (Å²) in [5, 5.41) is 16.7. The molecule has 0 bridgehead atoms. The second kappa shape index (κ2) is 19.9. The minimum Gasteiger partial charge on any atom is -0.652 e. The summed E-state index contributed by atoms with van der Waals surface area (Å²) in [6.45, 7) is 3.11. The molecule has 0 spiro atoms. The second-order valence-corrected chi connectivity index (χ2v) is 1.47. The molecule has 1 rings (SSSR count). The average molecular weight is 244 g/mol. The third-order valence-electron chi connectivity index (χ3n) is 0.744. The molecule has 13 heavy (non-hydrogen) atoms. The van der Waals surface area contributed by atoms with Gasteiger partial charge in [-0.05, 0) is 6.16 Å². The number of carboxylic acid groups (broad SMARTS) is 2. The fourth-order valence-corrected chi connectivity index (χ4v) is 0.440. The van der Waals surface area contributed by atoms with E-state index < -0.39 is 6.16 Å². The Morgan fingerprint density at radius 2 is 1.08 bits per heavy atom. The molecule has 1 aliphatic heterocycles. The summed E-state index contributed by atoms with van der Waals surface area (Å²) >= 11 is 0. The van der Waals surface area contributed by atoms with E-state index in [-0.39, 0.29) is 108 Å². The second-order valence-electron chi connectivity index (χ2n) is 1.47. The van der Waals surface area contributed by atoms with Crippen LogP contribution in [0.25, 0.3) is 0 Å². The molecule has 1 aliphatic rings. The van der Waals surface area contributed by atoms with Crippen LogP contribution in [0.1, 0.15) is 0 Å². The molecule has 0 aromatic carbocycles. The van der Waals surface area contributed by atoms with Crippen molar-refractivity contribution in [2.45, 2.75) is 0 Å². The van der Waals surface area contributed by atoms with Crippen LogP contribution in [-0.4, -0.2) is 38.1 Å². The molecule has 0 aromatic rings. The molecule has 0 saturated carbocycles. The van der Waals surface area contributed by atoms with Crippen molar-refractivity contribution in [1.82, 2.24) is 0 Å². The zero-order valence-corrected chi connectivity index (χ0v) is 14.1. The summed E-state index contributed by atoms with van der Waals surface area (Å²) in [5.74, 6) is 0. The predicted octanol–water partition coefficient (Wildman–Crippen LogP) is -9.23. The Bertz CT molecular complexity index is 81.5. The Kier molecular flexibility index (Phi) is 37.7. The molecule has 0 amide bonds. The summed E-state index contributed by atoms with van der Waals surface area (Å²) in [7, 11) is 0. The fraction of sp³-hybridized carbons (Fsp3) is 0.800. The molecule has 2 N–H and O–H groups in total. The van der Waals surface area contributed by atoms with Gasteiger partial charge < -0.3 is 30.0 Å². The Morgan fingerprint density at radius 1 is 0.923 bits per heavy atom. The van der Waals surface area contributed by atoms with Gasteiger partial charge in [-0.25, -0.2) is 0 Å². The molecule has 1 heterocycles. The van der Waals surface area contributed by atoms with Crippen molar-refractivity contribution in [2.75, 3.05) is 26.4 Å². The number of rotatable bonds is 0. The molecule has 0 atom stereocenters. The van der Waals surface area contributed by atoms with E-state index in [2.05, 4.69) is 0 Å². The Hall–Kier alpha value is 2.42. The standard InChI is InChI=1S/C4H8O2.CH2O3.2K.H2O/c1-2-6-4-3-5-1;2-1(3)4;;;/h1-4H2;(H2,2,3,4);;;1H2/q;;2*+1;/p-2. The molecule has 68 valence electrons. The maximum atomic E-state index is 8.33. The van der Waals surface area contributed by atoms with E-state index in [0.29, 0.717) is 0 Å². The summed E-state index contributed by atoms with van der Waals surface area (Å²) in [6, 6.07) is 0. The summed E-state index contributed by atoms with van der Waals surface area (Å²) in [6.07, 6.45) is -2.33. The van der Waals surface area contributed by atoms with Crippen molar-refractivity contribution in [3.8, 4) is 0 Å². The molecule has 1 saturated heterocycles. The van der Waals surface area contributed by atoms with Gasteiger partial charge in [-0.15, -0.1) is 0 Å². The fourth-order valence-electron chi connectivity index (χ4n) is 0.440. The first-order chi connectivity index (χ1) is 4.73. The predicted molar refractivity (Wildman–Crippen MR) is 30.6 cm³/mol. The topological polar surface area (TPSA) is 113 Å². The SMILES string of the molecule is C1COCCO1.O.O=C([O-])[O-].[K+].[K+]. The van der Waals surface area contributed by atoms with Crippen LogP contribution in [-0.2, 0) is 9.47 Å². The summed E-state index contributed by atoms with van der Waals surface area (Å²) < 4.78 is 9.89. The van der Waals surface area contributed by atoms with Crippen LogP contribution in [0, 0.1) is 0 Å². The van der Waals surface area contributed by atoms with Gasteiger partial charge in [-0.1, -0.05) is 0 Å². The van der Waals surface area contributed by atoms with Gasteiger partial charge in [-0.3, -0.25) is 0 Å². The zero-order valence-electron chi connectivity index (χ0n) is 7.87. The Labute approximate surface area is 162 Å². The van der Waals surface area contributed by atoms with Crippen molar-refractivity contribution >= 4 is 6.16 Å². The van der Waals surface area contributed by atoms with Crippen LogP contribution < -0.4 is 113 Å². The van der Waals surface area contributed by atoms with E-state index in [4.69, 9.17) is 24.5 Å². The van der Waals surface area contributed by atoms with E-state index >= 15 is 0 Å².